The summed E-state index contributed by atoms with van der Waals surface area (Å²) in [5.41, 5.74) is 4.31. The van der Waals surface area contributed by atoms with Crippen molar-refractivity contribution in [2.24, 2.45) is 5.10 Å². The minimum absolute atomic E-state index is 0.314. The quantitative estimate of drug-likeness (QED) is 0.597. The van der Waals surface area contributed by atoms with Crippen molar-refractivity contribution in [3.05, 3.63) is 71.1 Å². The molecule has 0 spiro atoms. The molecule has 0 aliphatic rings. The van der Waals surface area contributed by atoms with E-state index in [9.17, 15) is 4.79 Å². The number of fused-ring (bicyclic) bond motifs is 1. The van der Waals surface area contributed by atoms with Crippen LogP contribution in [-0.2, 0) is 0 Å². The first-order valence-electron chi connectivity index (χ1n) is 6.25. The molecule has 0 aliphatic carbocycles. The number of hydrazone groups is 1. The highest BCUT2D eigenvalue weighted by atomic mass is 35.5. The molecular formula is C15H11ClN4O. The number of halogens is 1. The molecule has 0 saturated carbocycles. The van der Waals surface area contributed by atoms with Crippen molar-refractivity contribution in [2.75, 3.05) is 0 Å². The molecule has 0 bridgehead atoms. The number of nitrogens with zero attached hydrogens (tertiary/aromatic N) is 3. The fraction of sp³-hybridized carbons (Fsp3) is 0. The fourth-order valence-electron chi connectivity index (χ4n) is 1.82. The summed E-state index contributed by atoms with van der Waals surface area (Å²) in [7, 11) is 0. The minimum Gasteiger partial charge on any atom is -0.306 e. The highest BCUT2D eigenvalue weighted by Crippen LogP contribution is 2.08. The Morgan fingerprint density at radius 1 is 1.24 bits per heavy atom. The first-order valence-corrected chi connectivity index (χ1v) is 6.63. The largest absolute Gasteiger partial charge is 0.306 e. The Balaban J connectivity index is 1.70. The number of hydrogen-bond donors (Lipinski definition) is 1. The summed E-state index contributed by atoms with van der Waals surface area (Å²) in [5.74, 6) is -0.357. The van der Waals surface area contributed by atoms with E-state index in [-0.39, 0.29) is 5.91 Å². The molecule has 2 heterocycles. The summed E-state index contributed by atoms with van der Waals surface area (Å²) in [5, 5.41) is 4.55. The van der Waals surface area contributed by atoms with Crippen LogP contribution < -0.4 is 5.43 Å². The summed E-state index contributed by atoms with van der Waals surface area (Å²) >= 11 is 5.79. The lowest BCUT2D eigenvalue weighted by atomic mass is 10.2. The highest BCUT2D eigenvalue weighted by Gasteiger charge is 2.08. The van der Waals surface area contributed by atoms with Crippen LogP contribution in [0.4, 0.5) is 0 Å². The Morgan fingerprint density at radius 3 is 2.81 bits per heavy atom. The van der Waals surface area contributed by atoms with Gasteiger partial charge in [-0.3, -0.25) is 4.79 Å². The minimum atomic E-state index is -0.357. The summed E-state index contributed by atoms with van der Waals surface area (Å²) < 4.78 is 1.78. The van der Waals surface area contributed by atoms with Crippen molar-refractivity contribution < 1.29 is 4.79 Å². The Bertz CT molecular complexity index is 775. The number of benzene rings is 1. The monoisotopic (exact) mass is 298 g/mol. The lowest BCUT2D eigenvalue weighted by Crippen LogP contribution is -2.17. The summed E-state index contributed by atoms with van der Waals surface area (Å²) in [4.78, 5) is 16.1. The Labute approximate surface area is 125 Å². The van der Waals surface area contributed by atoms with Crippen LogP contribution in [0.2, 0.25) is 5.02 Å². The molecule has 2 aromatic heterocycles. The Kier molecular flexibility index (Phi) is 3.66. The van der Waals surface area contributed by atoms with Crippen molar-refractivity contribution in [1.82, 2.24) is 14.8 Å². The van der Waals surface area contributed by atoms with E-state index in [1.54, 1.807) is 28.9 Å². The van der Waals surface area contributed by atoms with Gasteiger partial charge in [-0.1, -0.05) is 29.8 Å². The second kappa shape index (κ2) is 5.76. The van der Waals surface area contributed by atoms with Crippen molar-refractivity contribution in [3.8, 4) is 0 Å². The first-order chi connectivity index (χ1) is 10.2. The number of rotatable bonds is 3. The van der Waals surface area contributed by atoms with Crippen molar-refractivity contribution in [1.29, 1.82) is 0 Å². The molecule has 3 rings (SSSR count). The third-order valence-corrected chi connectivity index (χ3v) is 3.10. The van der Waals surface area contributed by atoms with Crippen LogP contribution in [0, 0.1) is 0 Å². The van der Waals surface area contributed by atoms with E-state index in [2.05, 4.69) is 15.5 Å². The standard InChI is InChI=1S/C15H11ClN4O/c16-12-6-4-11(5-7-12)9-17-19-15(21)13-10-20-8-2-1-3-14(20)18-13/h1-10H,(H,19,21)/b17-9+. The topological polar surface area (TPSA) is 58.8 Å². The van der Waals surface area contributed by atoms with Crippen LogP contribution in [0.1, 0.15) is 16.1 Å². The van der Waals surface area contributed by atoms with Crippen LogP contribution in [0.3, 0.4) is 0 Å². The molecular weight excluding hydrogens is 288 g/mol. The molecule has 0 unspecified atom stereocenters. The van der Waals surface area contributed by atoms with Gasteiger partial charge in [0.2, 0.25) is 0 Å². The van der Waals surface area contributed by atoms with E-state index in [1.807, 2.05) is 36.5 Å². The number of aromatic nitrogens is 2. The van der Waals surface area contributed by atoms with Gasteiger partial charge in [-0.15, -0.1) is 0 Å². The lowest BCUT2D eigenvalue weighted by molar-refractivity contribution is 0.0951. The van der Waals surface area contributed by atoms with E-state index >= 15 is 0 Å². The van der Waals surface area contributed by atoms with Gasteiger partial charge in [-0.05, 0) is 29.8 Å². The van der Waals surface area contributed by atoms with Gasteiger partial charge in [-0.2, -0.15) is 5.10 Å². The zero-order valence-corrected chi connectivity index (χ0v) is 11.7. The van der Waals surface area contributed by atoms with Gasteiger partial charge in [0.05, 0.1) is 6.21 Å². The maximum atomic E-state index is 11.9. The summed E-state index contributed by atoms with van der Waals surface area (Å²) in [6.07, 6.45) is 5.03. The number of imidazole rings is 1. The molecule has 0 atom stereocenters. The number of amides is 1. The summed E-state index contributed by atoms with van der Waals surface area (Å²) in [6, 6.07) is 12.7. The number of carbonyl (C=O) groups excluding carboxylic acids is 1. The molecule has 0 fully saturated rings. The molecule has 5 nitrogen and oxygen atoms in total. The molecule has 21 heavy (non-hydrogen) atoms. The number of pyridine rings is 1. The number of nitrogens with one attached hydrogen (secondary N) is 1. The third-order valence-electron chi connectivity index (χ3n) is 2.85. The molecule has 6 heteroatoms. The van der Waals surface area contributed by atoms with Gasteiger partial charge >= 0.3 is 0 Å². The van der Waals surface area contributed by atoms with Crippen molar-refractivity contribution in [2.45, 2.75) is 0 Å². The second-order valence-corrected chi connectivity index (χ2v) is 4.78. The van der Waals surface area contributed by atoms with Gasteiger partial charge in [0.15, 0.2) is 0 Å². The second-order valence-electron chi connectivity index (χ2n) is 4.34. The van der Waals surface area contributed by atoms with E-state index < -0.39 is 0 Å². The predicted octanol–water partition coefficient (Wildman–Crippen LogP) is 2.75. The maximum Gasteiger partial charge on any atom is 0.291 e. The van der Waals surface area contributed by atoms with Crippen molar-refractivity contribution in [3.63, 3.8) is 0 Å². The molecule has 0 aliphatic heterocycles. The van der Waals surface area contributed by atoms with Gasteiger partial charge in [0.25, 0.3) is 5.91 Å². The SMILES string of the molecule is O=C(N/N=C/c1ccc(Cl)cc1)c1cn2ccccc2n1. The lowest BCUT2D eigenvalue weighted by Gasteiger charge is -1.95. The van der Waals surface area contributed by atoms with Crippen LogP contribution in [-0.4, -0.2) is 21.5 Å². The molecule has 104 valence electrons. The normalized spacial score (nSPS) is 11.1. The number of carbonyl (C=O) groups is 1. The average Bonchev–Trinajstić information content (AvgIpc) is 2.93. The van der Waals surface area contributed by atoms with Gasteiger partial charge < -0.3 is 4.40 Å². The highest BCUT2D eigenvalue weighted by molar-refractivity contribution is 6.30. The van der Waals surface area contributed by atoms with Gasteiger partial charge in [-0.25, -0.2) is 10.4 Å². The maximum absolute atomic E-state index is 11.9. The smallest absolute Gasteiger partial charge is 0.291 e. The van der Waals surface area contributed by atoms with E-state index in [0.29, 0.717) is 16.4 Å². The molecule has 0 saturated heterocycles. The molecule has 3 aromatic rings. The predicted molar refractivity (Wildman–Crippen MR) is 81.7 cm³/mol. The van der Waals surface area contributed by atoms with E-state index in [0.717, 1.165) is 5.56 Å². The van der Waals surface area contributed by atoms with Gasteiger partial charge in [0, 0.05) is 17.4 Å². The van der Waals surface area contributed by atoms with E-state index in [1.165, 1.54) is 0 Å². The van der Waals surface area contributed by atoms with Crippen LogP contribution in [0.15, 0.2) is 60.0 Å². The molecule has 1 N–H and O–H groups in total. The first kappa shape index (κ1) is 13.3. The van der Waals surface area contributed by atoms with Gasteiger partial charge in [0.1, 0.15) is 11.3 Å². The number of hydrogen-bond acceptors (Lipinski definition) is 3. The summed E-state index contributed by atoms with van der Waals surface area (Å²) in [6.45, 7) is 0. The van der Waals surface area contributed by atoms with E-state index in [4.69, 9.17) is 11.6 Å². The Morgan fingerprint density at radius 2 is 2.05 bits per heavy atom. The zero-order valence-electron chi connectivity index (χ0n) is 10.9. The van der Waals surface area contributed by atoms with Crippen LogP contribution >= 0.6 is 11.6 Å². The zero-order chi connectivity index (χ0) is 14.7. The molecule has 1 amide bonds. The van der Waals surface area contributed by atoms with Crippen LogP contribution in [0.5, 0.6) is 0 Å². The van der Waals surface area contributed by atoms with Crippen molar-refractivity contribution >= 4 is 29.4 Å². The average molecular weight is 299 g/mol. The molecule has 0 radical (unpaired) electrons. The third kappa shape index (κ3) is 3.09. The fourth-order valence-corrected chi connectivity index (χ4v) is 1.94. The van der Waals surface area contributed by atoms with Crippen LogP contribution in [0.25, 0.3) is 5.65 Å². The molecule has 1 aromatic carbocycles. The Hall–Kier alpha value is -2.66.